The second-order valence-electron chi connectivity index (χ2n) is 7.21. The van der Waals surface area contributed by atoms with Gasteiger partial charge in [0.2, 0.25) is 0 Å². The molecule has 3 aromatic rings. The maximum atomic E-state index is 9.84. The Kier molecular flexibility index (Phi) is 5.01. The van der Waals surface area contributed by atoms with Crippen LogP contribution >= 0.6 is 11.6 Å². The smallest absolute Gasteiger partial charge is 0.296 e. The molecule has 2 aliphatic heterocycles. The van der Waals surface area contributed by atoms with Crippen LogP contribution in [0.15, 0.2) is 36.4 Å². The molecule has 9 heteroatoms. The van der Waals surface area contributed by atoms with E-state index in [2.05, 4.69) is 32.4 Å². The predicted octanol–water partition coefficient (Wildman–Crippen LogP) is 2.17. The van der Waals surface area contributed by atoms with Gasteiger partial charge in [0.25, 0.3) is 6.01 Å². The molecule has 0 amide bonds. The van der Waals surface area contributed by atoms with E-state index in [1.165, 1.54) is 5.56 Å². The fourth-order valence-corrected chi connectivity index (χ4v) is 3.95. The number of nitrogens with one attached hydrogen (secondary N) is 2. The van der Waals surface area contributed by atoms with Crippen molar-refractivity contribution in [1.29, 1.82) is 0 Å². The van der Waals surface area contributed by atoms with Gasteiger partial charge in [0, 0.05) is 6.54 Å². The van der Waals surface area contributed by atoms with Gasteiger partial charge in [-0.1, -0.05) is 41.9 Å². The Bertz CT molecular complexity index is 999. The number of benzene rings is 1. The molecule has 0 aliphatic carbocycles. The summed E-state index contributed by atoms with van der Waals surface area (Å²) in [5.41, 5.74) is 2.43. The largest absolute Gasteiger partial charge is 0.456 e. The number of aliphatic hydroxyl groups is 1. The molecule has 2 saturated heterocycles. The maximum absolute atomic E-state index is 9.84. The number of pyridine rings is 1. The molecule has 2 fully saturated rings. The van der Waals surface area contributed by atoms with Crippen LogP contribution in [-0.2, 0) is 15.9 Å². The number of fused-ring (bicyclic) bond motifs is 2. The Morgan fingerprint density at radius 3 is 2.86 bits per heavy atom. The van der Waals surface area contributed by atoms with Crippen LogP contribution in [0.2, 0.25) is 5.02 Å². The molecule has 0 radical (unpaired) electrons. The number of nitrogens with zero attached hydrogens (tertiary/aromatic N) is 2. The van der Waals surface area contributed by atoms with Crippen molar-refractivity contribution < 1.29 is 19.3 Å². The van der Waals surface area contributed by atoms with Crippen molar-refractivity contribution in [2.24, 2.45) is 0 Å². The van der Waals surface area contributed by atoms with Crippen molar-refractivity contribution in [2.75, 3.05) is 25.1 Å². The Morgan fingerprint density at radius 1 is 1.17 bits per heavy atom. The SMILES string of the molecule is O[C@@H]1CO[C@H]2[C@@H]1OC[C@H]2Oc1nc2nc(NCCc3ccccc3)c(Cl)cc2[nH]1. The molecule has 2 aliphatic rings. The first-order valence-electron chi connectivity index (χ1n) is 9.59. The first kappa shape index (κ1) is 18.6. The van der Waals surface area contributed by atoms with E-state index in [0.29, 0.717) is 41.2 Å². The molecule has 0 saturated carbocycles. The van der Waals surface area contributed by atoms with Crippen molar-refractivity contribution in [3.63, 3.8) is 0 Å². The highest BCUT2D eigenvalue weighted by Gasteiger charge is 2.48. The molecule has 1 aromatic carbocycles. The van der Waals surface area contributed by atoms with E-state index in [9.17, 15) is 5.11 Å². The number of hydrogen-bond acceptors (Lipinski definition) is 7. The Balaban J connectivity index is 1.27. The molecule has 5 rings (SSSR count). The zero-order valence-electron chi connectivity index (χ0n) is 15.5. The molecule has 4 atom stereocenters. The minimum atomic E-state index is -0.616. The van der Waals surface area contributed by atoms with Gasteiger partial charge >= 0.3 is 0 Å². The lowest BCUT2D eigenvalue weighted by Gasteiger charge is -2.15. The standard InChI is InChI=1S/C20H21ClN4O4/c21-12-8-13-19(24-18(12)22-7-6-11-4-2-1-3-5-11)25-20(23-13)29-15-10-28-16-14(26)9-27-17(15)16/h1-5,8,14-17,26H,6-7,9-10H2,(H2,22,23,24,25)/t14-,15-,16-,17-/m1/s1. The van der Waals surface area contributed by atoms with Crippen molar-refractivity contribution in [3.8, 4) is 6.01 Å². The highest BCUT2D eigenvalue weighted by molar-refractivity contribution is 6.33. The van der Waals surface area contributed by atoms with Gasteiger partial charge in [0.1, 0.15) is 24.1 Å². The molecule has 2 aromatic heterocycles. The van der Waals surface area contributed by atoms with E-state index in [4.69, 9.17) is 25.8 Å². The number of halogens is 1. The van der Waals surface area contributed by atoms with Crippen molar-refractivity contribution in [1.82, 2.24) is 15.0 Å². The van der Waals surface area contributed by atoms with E-state index < -0.39 is 6.10 Å². The van der Waals surface area contributed by atoms with Gasteiger partial charge < -0.3 is 29.6 Å². The minimum Gasteiger partial charge on any atom is -0.456 e. The van der Waals surface area contributed by atoms with Crippen molar-refractivity contribution in [2.45, 2.75) is 30.8 Å². The number of rotatable bonds is 6. The predicted molar refractivity (Wildman–Crippen MR) is 107 cm³/mol. The fraction of sp³-hybridized carbons (Fsp3) is 0.400. The Hall–Kier alpha value is -2.39. The molecule has 29 heavy (non-hydrogen) atoms. The molecule has 4 heterocycles. The Morgan fingerprint density at radius 2 is 2.00 bits per heavy atom. The molecular weight excluding hydrogens is 396 g/mol. The van der Waals surface area contributed by atoms with Gasteiger partial charge in [-0.15, -0.1) is 0 Å². The maximum Gasteiger partial charge on any atom is 0.296 e. The number of imidazole rings is 1. The van der Waals surface area contributed by atoms with Crippen LogP contribution in [0.1, 0.15) is 5.56 Å². The van der Waals surface area contributed by atoms with Gasteiger partial charge in [-0.2, -0.15) is 4.98 Å². The van der Waals surface area contributed by atoms with Crippen molar-refractivity contribution >= 4 is 28.6 Å². The van der Waals surface area contributed by atoms with E-state index in [0.717, 1.165) is 6.42 Å². The number of aromatic nitrogens is 3. The quantitative estimate of drug-likeness (QED) is 0.566. The topological polar surface area (TPSA) is 102 Å². The third kappa shape index (κ3) is 3.76. The van der Waals surface area contributed by atoms with Crippen LogP contribution in [0.3, 0.4) is 0 Å². The summed E-state index contributed by atoms with van der Waals surface area (Å²) in [5, 5.41) is 13.6. The lowest BCUT2D eigenvalue weighted by Crippen LogP contribution is -2.34. The zero-order valence-corrected chi connectivity index (χ0v) is 16.3. The number of H-pyrrole nitrogens is 1. The lowest BCUT2D eigenvalue weighted by molar-refractivity contribution is 0.00706. The summed E-state index contributed by atoms with van der Waals surface area (Å²) in [6, 6.07) is 12.3. The van der Waals surface area contributed by atoms with Gasteiger partial charge in [0.15, 0.2) is 11.8 Å². The normalized spacial score (nSPS) is 26.0. The van der Waals surface area contributed by atoms with E-state index in [1.807, 2.05) is 18.2 Å². The molecule has 0 spiro atoms. The molecule has 0 bridgehead atoms. The number of aliphatic hydroxyl groups excluding tert-OH is 1. The number of aromatic amines is 1. The summed E-state index contributed by atoms with van der Waals surface area (Å²) in [7, 11) is 0. The number of anilines is 1. The van der Waals surface area contributed by atoms with Gasteiger partial charge in [-0.05, 0) is 18.1 Å². The molecule has 0 unspecified atom stereocenters. The van der Waals surface area contributed by atoms with Crippen LogP contribution in [0.4, 0.5) is 5.82 Å². The summed E-state index contributed by atoms with van der Waals surface area (Å²) >= 11 is 6.37. The minimum absolute atomic E-state index is 0.254. The van der Waals surface area contributed by atoms with Crippen LogP contribution in [0.5, 0.6) is 6.01 Å². The fourth-order valence-electron chi connectivity index (χ4n) is 3.73. The van der Waals surface area contributed by atoms with Gasteiger partial charge in [0.05, 0.1) is 23.8 Å². The second kappa shape index (κ2) is 7.79. The van der Waals surface area contributed by atoms with E-state index in [-0.39, 0.29) is 24.9 Å². The lowest BCUT2D eigenvalue weighted by atomic mass is 10.1. The zero-order chi connectivity index (χ0) is 19.8. The average molecular weight is 417 g/mol. The molecule has 8 nitrogen and oxygen atoms in total. The van der Waals surface area contributed by atoms with Gasteiger partial charge in [-0.3, -0.25) is 0 Å². The van der Waals surface area contributed by atoms with Crippen LogP contribution in [-0.4, -0.2) is 64.2 Å². The highest BCUT2D eigenvalue weighted by Crippen LogP contribution is 2.30. The third-order valence-corrected chi connectivity index (χ3v) is 5.49. The number of ether oxygens (including phenoxy) is 3. The first-order valence-corrected chi connectivity index (χ1v) is 9.97. The summed E-state index contributed by atoms with van der Waals surface area (Å²) < 4.78 is 17.1. The van der Waals surface area contributed by atoms with Gasteiger partial charge in [-0.25, -0.2) is 4.98 Å². The summed E-state index contributed by atoms with van der Waals surface area (Å²) in [6.45, 7) is 1.30. The molecular formula is C20H21ClN4O4. The Labute approximate surface area is 172 Å². The summed E-state index contributed by atoms with van der Waals surface area (Å²) in [6.07, 6.45) is -0.740. The van der Waals surface area contributed by atoms with E-state index in [1.54, 1.807) is 6.07 Å². The summed E-state index contributed by atoms with van der Waals surface area (Å²) in [4.78, 5) is 12.0. The van der Waals surface area contributed by atoms with Crippen molar-refractivity contribution in [3.05, 3.63) is 47.0 Å². The van der Waals surface area contributed by atoms with Crippen LogP contribution in [0, 0.1) is 0 Å². The molecule has 3 N–H and O–H groups in total. The third-order valence-electron chi connectivity index (χ3n) is 5.20. The van der Waals surface area contributed by atoms with Crippen LogP contribution in [0.25, 0.3) is 11.2 Å². The first-order chi connectivity index (χ1) is 14.2. The molecule has 152 valence electrons. The number of hydrogen-bond donors (Lipinski definition) is 3. The average Bonchev–Trinajstić information content (AvgIpc) is 3.40. The monoisotopic (exact) mass is 416 g/mol. The highest BCUT2D eigenvalue weighted by atomic mass is 35.5. The van der Waals surface area contributed by atoms with Crippen LogP contribution < -0.4 is 10.1 Å². The summed E-state index contributed by atoms with van der Waals surface area (Å²) in [5.74, 6) is 0.583. The van der Waals surface area contributed by atoms with E-state index >= 15 is 0 Å². The second-order valence-corrected chi connectivity index (χ2v) is 7.62.